The Balaban J connectivity index is 3.57. The van der Waals surface area contributed by atoms with Crippen molar-refractivity contribution < 1.29 is 16.8 Å². The van der Waals surface area contributed by atoms with Crippen molar-refractivity contribution in [3.05, 3.63) is 18.3 Å². The molecule has 0 atom stereocenters. The van der Waals surface area contributed by atoms with Crippen LogP contribution in [0.2, 0.25) is 0 Å². The molecule has 0 saturated heterocycles. The van der Waals surface area contributed by atoms with Crippen LogP contribution < -0.4 is 0 Å². The second kappa shape index (κ2) is 4.50. The van der Waals surface area contributed by atoms with Crippen molar-refractivity contribution in [1.82, 2.24) is 4.98 Å². The minimum atomic E-state index is -3.61. The molecule has 0 bridgehead atoms. The summed E-state index contributed by atoms with van der Waals surface area (Å²) in [5.74, 6) is -0.318. The van der Waals surface area contributed by atoms with Gasteiger partial charge in [-0.25, -0.2) is 21.8 Å². The second-order valence-electron chi connectivity index (χ2n) is 3.11. The molecule has 0 aliphatic rings. The molecule has 7 heteroatoms. The summed E-state index contributed by atoms with van der Waals surface area (Å²) in [6.45, 7) is 2.91. The van der Waals surface area contributed by atoms with Gasteiger partial charge in [-0.05, 0) is 12.1 Å². The van der Waals surface area contributed by atoms with E-state index in [9.17, 15) is 16.8 Å². The molecule has 0 unspecified atom stereocenters. The lowest BCUT2D eigenvalue weighted by Gasteiger charge is -2.07. The van der Waals surface area contributed by atoms with Gasteiger partial charge in [0.25, 0.3) is 0 Å². The topological polar surface area (TPSA) is 81.2 Å². The Morgan fingerprint density at radius 3 is 2.12 bits per heavy atom. The van der Waals surface area contributed by atoms with E-state index < -0.39 is 19.7 Å². The third kappa shape index (κ3) is 2.41. The van der Waals surface area contributed by atoms with Gasteiger partial charge in [0, 0.05) is 6.20 Å². The van der Waals surface area contributed by atoms with Crippen molar-refractivity contribution in [2.45, 2.75) is 23.8 Å². The Morgan fingerprint density at radius 2 is 1.62 bits per heavy atom. The quantitative estimate of drug-likeness (QED) is 0.797. The molecule has 5 nitrogen and oxygen atoms in total. The van der Waals surface area contributed by atoms with Gasteiger partial charge in [0.1, 0.15) is 4.90 Å². The normalized spacial score (nSPS) is 12.6. The highest BCUT2D eigenvalue weighted by molar-refractivity contribution is 7.94. The van der Waals surface area contributed by atoms with Crippen molar-refractivity contribution in [1.29, 1.82) is 0 Å². The molecule has 1 aromatic heterocycles. The minimum Gasteiger partial charge on any atom is -0.243 e. The average Bonchev–Trinajstić information content (AvgIpc) is 2.29. The molecular formula is C9H13NO4S2. The summed E-state index contributed by atoms with van der Waals surface area (Å²) in [5.41, 5.74) is 0. The predicted octanol–water partition coefficient (Wildman–Crippen LogP) is 0.669. The van der Waals surface area contributed by atoms with Crippen molar-refractivity contribution in [3.8, 4) is 0 Å². The molecule has 1 aromatic rings. The lowest BCUT2D eigenvalue weighted by Crippen LogP contribution is -2.14. The first-order valence-corrected chi connectivity index (χ1v) is 8.06. The molecule has 1 rings (SSSR count). The SMILES string of the molecule is CCS(=O)(=O)c1cccnc1S(=O)(=O)CC. The van der Waals surface area contributed by atoms with E-state index in [1.807, 2.05) is 0 Å². The molecule has 0 aromatic carbocycles. The number of sulfone groups is 2. The zero-order valence-electron chi connectivity index (χ0n) is 9.04. The summed E-state index contributed by atoms with van der Waals surface area (Å²) in [7, 11) is -7.18. The molecule has 0 spiro atoms. The Kier molecular flexibility index (Phi) is 3.69. The molecule has 1 heterocycles. The van der Waals surface area contributed by atoms with E-state index in [1.54, 1.807) is 0 Å². The first kappa shape index (κ1) is 13.1. The Bertz CT molecular complexity index is 522. The molecule has 90 valence electrons. The molecule has 16 heavy (non-hydrogen) atoms. The van der Waals surface area contributed by atoms with E-state index in [-0.39, 0.29) is 21.4 Å². The second-order valence-corrected chi connectivity index (χ2v) is 7.55. The average molecular weight is 263 g/mol. The standard InChI is InChI=1S/C9H13NO4S2/c1-3-15(11,12)8-6-5-7-10-9(8)16(13,14)4-2/h5-7H,3-4H2,1-2H3. The summed E-state index contributed by atoms with van der Waals surface area (Å²) in [5, 5.41) is -0.348. The summed E-state index contributed by atoms with van der Waals surface area (Å²) >= 11 is 0. The van der Waals surface area contributed by atoms with Crippen LogP contribution in [0.15, 0.2) is 28.3 Å². The van der Waals surface area contributed by atoms with Crippen molar-refractivity contribution in [3.63, 3.8) is 0 Å². The zero-order valence-corrected chi connectivity index (χ0v) is 10.7. The summed E-state index contributed by atoms with van der Waals surface area (Å²) in [4.78, 5) is 3.46. The lowest BCUT2D eigenvalue weighted by atomic mass is 10.5. The molecule has 0 aliphatic carbocycles. The third-order valence-corrected chi connectivity index (χ3v) is 5.69. The van der Waals surface area contributed by atoms with E-state index in [4.69, 9.17) is 0 Å². The van der Waals surface area contributed by atoms with Gasteiger partial charge in [-0.3, -0.25) is 0 Å². The Morgan fingerprint density at radius 1 is 1.06 bits per heavy atom. The van der Waals surface area contributed by atoms with Gasteiger partial charge in [0.15, 0.2) is 24.7 Å². The number of nitrogens with zero attached hydrogens (tertiary/aromatic N) is 1. The molecule has 0 aliphatic heterocycles. The van der Waals surface area contributed by atoms with E-state index in [1.165, 1.54) is 32.2 Å². The maximum atomic E-state index is 11.7. The predicted molar refractivity (Wildman–Crippen MR) is 59.7 cm³/mol. The van der Waals surface area contributed by atoms with Gasteiger partial charge in [0.2, 0.25) is 0 Å². The smallest absolute Gasteiger partial charge is 0.196 e. The van der Waals surface area contributed by atoms with Crippen molar-refractivity contribution in [2.75, 3.05) is 11.5 Å². The van der Waals surface area contributed by atoms with Crippen LogP contribution in [-0.2, 0) is 19.7 Å². The van der Waals surface area contributed by atoms with Crippen LogP contribution in [0.4, 0.5) is 0 Å². The zero-order chi connectivity index (χ0) is 12.4. The monoisotopic (exact) mass is 263 g/mol. The highest BCUT2D eigenvalue weighted by atomic mass is 32.2. The highest BCUT2D eigenvalue weighted by Crippen LogP contribution is 2.20. The lowest BCUT2D eigenvalue weighted by molar-refractivity contribution is 0.579. The van der Waals surface area contributed by atoms with Crippen LogP contribution >= 0.6 is 0 Å². The van der Waals surface area contributed by atoms with E-state index in [2.05, 4.69) is 4.98 Å². The van der Waals surface area contributed by atoms with Crippen LogP contribution in [0.5, 0.6) is 0 Å². The maximum absolute atomic E-state index is 11.7. The van der Waals surface area contributed by atoms with Gasteiger partial charge in [-0.15, -0.1) is 0 Å². The molecule has 0 radical (unpaired) electrons. The number of pyridine rings is 1. The van der Waals surface area contributed by atoms with Gasteiger partial charge >= 0.3 is 0 Å². The van der Waals surface area contributed by atoms with Crippen LogP contribution in [0.3, 0.4) is 0 Å². The van der Waals surface area contributed by atoms with Gasteiger partial charge < -0.3 is 0 Å². The summed E-state index contributed by atoms with van der Waals surface area (Å²) in [6, 6.07) is 2.69. The van der Waals surface area contributed by atoms with Crippen molar-refractivity contribution >= 4 is 19.7 Å². The van der Waals surface area contributed by atoms with Crippen LogP contribution in [-0.4, -0.2) is 33.3 Å². The Labute approximate surface area is 95.4 Å². The summed E-state index contributed by atoms with van der Waals surface area (Å²) < 4.78 is 46.7. The molecule has 0 fully saturated rings. The fraction of sp³-hybridized carbons (Fsp3) is 0.444. The van der Waals surface area contributed by atoms with Gasteiger partial charge in [0.05, 0.1) is 11.5 Å². The molecule has 0 N–H and O–H groups in total. The van der Waals surface area contributed by atoms with Gasteiger partial charge in [-0.1, -0.05) is 13.8 Å². The van der Waals surface area contributed by atoms with Crippen molar-refractivity contribution in [2.24, 2.45) is 0 Å². The van der Waals surface area contributed by atoms with Crippen LogP contribution in [0, 0.1) is 0 Å². The maximum Gasteiger partial charge on any atom is 0.196 e. The van der Waals surface area contributed by atoms with Crippen LogP contribution in [0.1, 0.15) is 13.8 Å². The first-order valence-electron chi connectivity index (χ1n) is 4.75. The molecular weight excluding hydrogens is 250 g/mol. The highest BCUT2D eigenvalue weighted by Gasteiger charge is 2.25. The largest absolute Gasteiger partial charge is 0.243 e. The minimum absolute atomic E-state index is 0.148. The van der Waals surface area contributed by atoms with Gasteiger partial charge in [-0.2, -0.15) is 0 Å². The van der Waals surface area contributed by atoms with E-state index >= 15 is 0 Å². The van der Waals surface area contributed by atoms with E-state index in [0.717, 1.165) is 0 Å². The molecule has 0 saturated carbocycles. The number of hydrogen-bond donors (Lipinski definition) is 0. The number of aromatic nitrogens is 1. The fourth-order valence-electron chi connectivity index (χ4n) is 1.14. The fourth-order valence-corrected chi connectivity index (χ4v) is 3.69. The molecule has 0 amide bonds. The Hall–Kier alpha value is -0.950. The first-order chi connectivity index (χ1) is 7.35. The number of rotatable bonds is 4. The summed E-state index contributed by atoms with van der Waals surface area (Å²) in [6.07, 6.45) is 1.28. The third-order valence-electron chi connectivity index (χ3n) is 2.13. The number of hydrogen-bond acceptors (Lipinski definition) is 5. The van der Waals surface area contributed by atoms with Crippen LogP contribution in [0.25, 0.3) is 0 Å². The van der Waals surface area contributed by atoms with E-state index in [0.29, 0.717) is 0 Å².